The van der Waals surface area contributed by atoms with Crippen molar-refractivity contribution in [3.63, 3.8) is 0 Å². The number of halogens is 1. The summed E-state index contributed by atoms with van der Waals surface area (Å²) in [5.74, 6) is -0.655. The molecule has 74 valence electrons. The van der Waals surface area contributed by atoms with E-state index in [1.807, 2.05) is 0 Å². The van der Waals surface area contributed by atoms with E-state index in [9.17, 15) is 14.9 Å². The predicted octanol–water partition coefficient (Wildman–Crippen LogP) is 1.61. The number of amides is 1. The van der Waals surface area contributed by atoms with Crippen LogP contribution in [-0.4, -0.2) is 10.8 Å². The number of nitro groups is 1. The highest BCUT2D eigenvalue weighted by Crippen LogP contribution is 2.27. The molecule has 1 aromatic rings. The number of nitrogens with zero attached hydrogens (tertiary/aromatic N) is 1. The molecule has 0 saturated heterocycles. The molecule has 0 fully saturated rings. The van der Waals surface area contributed by atoms with Gasteiger partial charge in [0, 0.05) is 5.56 Å². The third kappa shape index (κ3) is 1.84. The second-order valence-electron chi connectivity index (χ2n) is 2.71. The van der Waals surface area contributed by atoms with E-state index in [-0.39, 0.29) is 11.3 Å². The van der Waals surface area contributed by atoms with Crippen molar-refractivity contribution in [3.05, 3.63) is 36.9 Å². The molecular formula is C8H7IN2O3. The summed E-state index contributed by atoms with van der Waals surface area (Å²) in [6, 6.07) is 3.01. The van der Waals surface area contributed by atoms with Crippen LogP contribution in [0.4, 0.5) is 5.69 Å². The lowest BCUT2D eigenvalue weighted by atomic mass is 10.1. The SMILES string of the molecule is Cc1ccc(C(N)=O)c(I)c1[N+](=O)[O-]. The summed E-state index contributed by atoms with van der Waals surface area (Å²) in [5, 5.41) is 10.7. The van der Waals surface area contributed by atoms with E-state index in [2.05, 4.69) is 0 Å². The lowest BCUT2D eigenvalue weighted by Crippen LogP contribution is -2.14. The second kappa shape index (κ2) is 3.91. The Morgan fingerprint density at radius 1 is 1.57 bits per heavy atom. The van der Waals surface area contributed by atoms with Gasteiger partial charge >= 0.3 is 0 Å². The third-order valence-electron chi connectivity index (χ3n) is 1.77. The molecule has 5 nitrogen and oxygen atoms in total. The van der Waals surface area contributed by atoms with Crippen molar-refractivity contribution in [1.82, 2.24) is 0 Å². The molecule has 0 unspecified atom stereocenters. The summed E-state index contributed by atoms with van der Waals surface area (Å²) in [6.45, 7) is 1.62. The lowest BCUT2D eigenvalue weighted by Gasteiger charge is -2.03. The van der Waals surface area contributed by atoms with Gasteiger partial charge in [-0.15, -0.1) is 0 Å². The standard InChI is InChI=1S/C8H7IN2O3/c1-4-2-3-5(8(10)12)6(9)7(4)11(13)14/h2-3H,1H3,(H2,10,12). The number of benzene rings is 1. The molecule has 0 bridgehead atoms. The average molecular weight is 306 g/mol. The summed E-state index contributed by atoms with van der Waals surface area (Å²) in [5.41, 5.74) is 5.71. The summed E-state index contributed by atoms with van der Waals surface area (Å²) in [7, 11) is 0. The quantitative estimate of drug-likeness (QED) is 0.511. The van der Waals surface area contributed by atoms with Gasteiger partial charge in [-0.2, -0.15) is 0 Å². The Hall–Kier alpha value is -1.18. The van der Waals surface area contributed by atoms with E-state index in [4.69, 9.17) is 5.73 Å². The molecule has 0 saturated carbocycles. The van der Waals surface area contributed by atoms with Gasteiger partial charge in [-0.3, -0.25) is 14.9 Å². The first-order valence-corrected chi connectivity index (χ1v) is 4.76. The van der Waals surface area contributed by atoms with E-state index < -0.39 is 10.8 Å². The molecule has 0 heterocycles. The Morgan fingerprint density at radius 2 is 2.14 bits per heavy atom. The van der Waals surface area contributed by atoms with Crippen molar-refractivity contribution in [2.45, 2.75) is 6.92 Å². The molecule has 6 heteroatoms. The van der Waals surface area contributed by atoms with Crippen molar-refractivity contribution >= 4 is 34.2 Å². The Kier molecular flexibility index (Phi) is 3.04. The Bertz CT molecular complexity index is 417. The number of carbonyl (C=O) groups is 1. The fraction of sp³-hybridized carbons (Fsp3) is 0.125. The number of nitrogens with two attached hydrogens (primary N) is 1. The van der Waals surface area contributed by atoms with E-state index in [1.54, 1.807) is 29.5 Å². The van der Waals surface area contributed by atoms with Crippen LogP contribution < -0.4 is 5.73 Å². The number of aryl methyl sites for hydroxylation is 1. The number of hydrogen-bond donors (Lipinski definition) is 1. The topological polar surface area (TPSA) is 86.2 Å². The Balaban J connectivity index is 3.49. The van der Waals surface area contributed by atoms with Crippen molar-refractivity contribution in [2.24, 2.45) is 5.73 Å². The molecule has 0 radical (unpaired) electrons. The molecule has 0 aliphatic carbocycles. The fourth-order valence-electron chi connectivity index (χ4n) is 1.08. The zero-order valence-electron chi connectivity index (χ0n) is 7.28. The first-order chi connectivity index (χ1) is 6.45. The lowest BCUT2D eigenvalue weighted by molar-refractivity contribution is -0.386. The van der Waals surface area contributed by atoms with Crippen molar-refractivity contribution in [3.8, 4) is 0 Å². The number of rotatable bonds is 2. The predicted molar refractivity (Wildman–Crippen MR) is 59.1 cm³/mol. The minimum Gasteiger partial charge on any atom is -0.366 e. The second-order valence-corrected chi connectivity index (χ2v) is 3.79. The molecule has 1 aromatic carbocycles. The van der Waals surface area contributed by atoms with Crippen LogP contribution in [0.3, 0.4) is 0 Å². The van der Waals surface area contributed by atoms with E-state index in [0.717, 1.165) is 0 Å². The molecule has 0 atom stereocenters. The van der Waals surface area contributed by atoms with Gasteiger partial charge in [0.2, 0.25) is 5.91 Å². The van der Waals surface area contributed by atoms with Crippen LogP contribution in [0.5, 0.6) is 0 Å². The van der Waals surface area contributed by atoms with Crippen LogP contribution in [-0.2, 0) is 0 Å². The smallest absolute Gasteiger partial charge is 0.286 e. The minimum absolute atomic E-state index is 0.0538. The van der Waals surface area contributed by atoms with Gasteiger partial charge in [-0.05, 0) is 35.6 Å². The molecule has 0 aliphatic rings. The van der Waals surface area contributed by atoms with Crippen LogP contribution in [0.2, 0.25) is 0 Å². The van der Waals surface area contributed by atoms with Gasteiger partial charge in [-0.1, -0.05) is 6.07 Å². The van der Waals surface area contributed by atoms with Crippen molar-refractivity contribution in [2.75, 3.05) is 0 Å². The molecule has 0 aliphatic heterocycles. The normalized spacial score (nSPS) is 9.86. The molecule has 0 aromatic heterocycles. The van der Waals surface area contributed by atoms with Crippen molar-refractivity contribution in [1.29, 1.82) is 0 Å². The highest BCUT2D eigenvalue weighted by molar-refractivity contribution is 14.1. The number of carbonyl (C=O) groups excluding carboxylic acids is 1. The largest absolute Gasteiger partial charge is 0.366 e. The highest BCUT2D eigenvalue weighted by atomic mass is 127. The number of hydrogen-bond acceptors (Lipinski definition) is 3. The summed E-state index contributed by atoms with van der Waals surface area (Å²) < 4.78 is 0.292. The van der Waals surface area contributed by atoms with Crippen LogP contribution in [0.25, 0.3) is 0 Å². The molecule has 1 rings (SSSR count). The van der Waals surface area contributed by atoms with Gasteiger partial charge in [0.1, 0.15) is 3.57 Å². The zero-order valence-corrected chi connectivity index (χ0v) is 9.44. The van der Waals surface area contributed by atoms with Gasteiger partial charge < -0.3 is 5.73 Å². The van der Waals surface area contributed by atoms with E-state index in [1.165, 1.54) is 12.1 Å². The summed E-state index contributed by atoms with van der Waals surface area (Å²) in [6.07, 6.45) is 0. The zero-order chi connectivity index (χ0) is 10.9. The fourth-order valence-corrected chi connectivity index (χ4v) is 2.14. The van der Waals surface area contributed by atoms with Crippen molar-refractivity contribution < 1.29 is 9.72 Å². The first kappa shape index (κ1) is 10.9. The maximum atomic E-state index is 10.9. The van der Waals surface area contributed by atoms with Crippen LogP contribution in [0.1, 0.15) is 15.9 Å². The summed E-state index contributed by atoms with van der Waals surface area (Å²) in [4.78, 5) is 21.1. The molecule has 14 heavy (non-hydrogen) atoms. The number of primary amides is 1. The number of nitro benzene ring substituents is 1. The molecule has 1 amide bonds. The van der Waals surface area contributed by atoms with Gasteiger partial charge in [0.15, 0.2) is 0 Å². The highest BCUT2D eigenvalue weighted by Gasteiger charge is 2.20. The average Bonchev–Trinajstić information content (AvgIpc) is 2.02. The maximum Gasteiger partial charge on any atom is 0.286 e. The van der Waals surface area contributed by atoms with E-state index in [0.29, 0.717) is 9.13 Å². The summed E-state index contributed by atoms with van der Waals surface area (Å²) >= 11 is 1.75. The first-order valence-electron chi connectivity index (χ1n) is 3.68. The van der Waals surface area contributed by atoms with Crippen LogP contribution in [0.15, 0.2) is 12.1 Å². The Labute approximate surface area is 93.6 Å². The van der Waals surface area contributed by atoms with Crippen LogP contribution in [0, 0.1) is 20.6 Å². The maximum absolute atomic E-state index is 10.9. The minimum atomic E-state index is -0.655. The molecular weight excluding hydrogens is 299 g/mol. The van der Waals surface area contributed by atoms with E-state index >= 15 is 0 Å². The van der Waals surface area contributed by atoms with Gasteiger partial charge in [-0.25, -0.2) is 0 Å². The third-order valence-corrected chi connectivity index (χ3v) is 2.86. The Morgan fingerprint density at radius 3 is 2.57 bits per heavy atom. The molecule has 0 spiro atoms. The van der Waals surface area contributed by atoms with Crippen LogP contribution >= 0.6 is 22.6 Å². The molecule has 2 N–H and O–H groups in total. The van der Waals surface area contributed by atoms with Gasteiger partial charge in [0.25, 0.3) is 5.69 Å². The monoisotopic (exact) mass is 306 g/mol. The van der Waals surface area contributed by atoms with Gasteiger partial charge in [0.05, 0.1) is 10.5 Å².